The standard InChI is InChI=1S/C19H17FN2O4/c1-2-22(16-9-7-15(20)8-10-16)18(23)12-26-19(24)13-25-17-6-4-3-5-14(17)11-21/h3-10H,2,12-13H2,1H3. The third kappa shape index (κ3) is 5.05. The normalized spacial score (nSPS) is 9.88. The van der Waals surface area contributed by atoms with Gasteiger partial charge in [-0.2, -0.15) is 5.26 Å². The summed E-state index contributed by atoms with van der Waals surface area (Å²) in [7, 11) is 0. The SMILES string of the molecule is CCN(C(=O)COC(=O)COc1ccccc1C#N)c1ccc(F)cc1. The van der Waals surface area contributed by atoms with E-state index in [4.69, 9.17) is 14.7 Å². The van der Waals surface area contributed by atoms with E-state index in [1.165, 1.54) is 29.2 Å². The van der Waals surface area contributed by atoms with E-state index in [1.54, 1.807) is 31.2 Å². The number of amides is 1. The van der Waals surface area contributed by atoms with Crippen molar-refractivity contribution < 1.29 is 23.5 Å². The molecule has 0 fully saturated rings. The Labute approximate surface area is 150 Å². The molecule has 7 heteroatoms. The first kappa shape index (κ1) is 18.9. The van der Waals surface area contributed by atoms with E-state index < -0.39 is 30.9 Å². The lowest BCUT2D eigenvalue weighted by atomic mass is 10.2. The lowest BCUT2D eigenvalue weighted by Crippen LogP contribution is -2.35. The summed E-state index contributed by atoms with van der Waals surface area (Å²) in [6, 6.07) is 13.9. The molecule has 0 aliphatic rings. The van der Waals surface area contributed by atoms with Gasteiger partial charge in [0.15, 0.2) is 13.2 Å². The first-order valence-corrected chi connectivity index (χ1v) is 7.88. The van der Waals surface area contributed by atoms with Crippen LogP contribution in [0.4, 0.5) is 10.1 Å². The Kier molecular flexibility index (Phi) is 6.68. The molecule has 0 atom stereocenters. The summed E-state index contributed by atoms with van der Waals surface area (Å²) in [6.45, 7) is 1.21. The van der Waals surface area contributed by atoms with Crippen LogP contribution in [0.3, 0.4) is 0 Å². The number of rotatable bonds is 7. The van der Waals surface area contributed by atoms with Gasteiger partial charge in [0.25, 0.3) is 5.91 Å². The Balaban J connectivity index is 1.86. The summed E-state index contributed by atoms with van der Waals surface area (Å²) in [6.07, 6.45) is 0. The maximum atomic E-state index is 13.0. The van der Waals surface area contributed by atoms with Crippen molar-refractivity contribution in [2.75, 3.05) is 24.7 Å². The lowest BCUT2D eigenvalue weighted by molar-refractivity contribution is -0.149. The van der Waals surface area contributed by atoms with Crippen LogP contribution in [0.1, 0.15) is 12.5 Å². The van der Waals surface area contributed by atoms with Crippen molar-refractivity contribution >= 4 is 17.6 Å². The molecular weight excluding hydrogens is 339 g/mol. The zero-order chi connectivity index (χ0) is 18.9. The highest BCUT2D eigenvalue weighted by atomic mass is 19.1. The van der Waals surface area contributed by atoms with Crippen molar-refractivity contribution in [3.8, 4) is 11.8 Å². The van der Waals surface area contributed by atoms with Crippen LogP contribution in [0.25, 0.3) is 0 Å². The Morgan fingerprint density at radius 2 is 1.81 bits per heavy atom. The minimum absolute atomic E-state index is 0.264. The summed E-state index contributed by atoms with van der Waals surface area (Å²) in [5.41, 5.74) is 0.805. The zero-order valence-electron chi connectivity index (χ0n) is 14.1. The first-order valence-electron chi connectivity index (χ1n) is 7.88. The maximum absolute atomic E-state index is 13.0. The van der Waals surface area contributed by atoms with Crippen LogP contribution in [-0.2, 0) is 14.3 Å². The van der Waals surface area contributed by atoms with Gasteiger partial charge >= 0.3 is 5.97 Å². The zero-order valence-corrected chi connectivity index (χ0v) is 14.1. The second kappa shape index (κ2) is 9.18. The average molecular weight is 356 g/mol. The summed E-state index contributed by atoms with van der Waals surface area (Å²) in [5, 5.41) is 8.95. The van der Waals surface area contributed by atoms with Gasteiger partial charge in [0.1, 0.15) is 17.6 Å². The number of anilines is 1. The van der Waals surface area contributed by atoms with Crippen molar-refractivity contribution in [1.29, 1.82) is 5.26 Å². The van der Waals surface area contributed by atoms with Crippen LogP contribution >= 0.6 is 0 Å². The average Bonchev–Trinajstić information content (AvgIpc) is 2.67. The van der Waals surface area contributed by atoms with Gasteiger partial charge in [0, 0.05) is 12.2 Å². The van der Waals surface area contributed by atoms with Crippen LogP contribution in [0.2, 0.25) is 0 Å². The Morgan fingerprint density at radius 3 is 2.46 bits per heavy atom. The highest BCUT2D eigenvalue weighted by molar-refractivity contribution is 5.95. The predicted molar refractivity (Wildman–Crippen MR) is 92.0 cm³/mol. The molecule has 0 radical (unpaired) electrons. The monoisotopic (exact) mass is 356 g/mol. The van der Waals surface area contributed by atoms with Gasteiger partial charge < -0.3 is 14.4 Å². The van der Waals surface area contributed by atoms with Crippen LogP contribution in [0.15, 0.2) is 48.5 Å². The van der Waals surface area contributed by atoms with E-state index in [0.29, 0.717) is 17.8 Å². The molecule has 1 amide bonds. The maximum Gasteiger partial charge on any atom is 0.344 e. The van der Waals surface area contributed by atoms with Gasteiger partial charge in [-0.25, -0.2) is 9.18 Å². The molecule has 0 saturated heterocycles. The van der Waals surface area contributed by atoms with Crippen LogP contribution in [0, 0.1) is 17.1 Å². The third-order valence-corrected chi connectivity index (χ3v) is 3.47. The van der Waals surface area contributed by atoms with Gasteiger partial charge in [-0.3, -0.25) is 4.79 Å². The van der Waals surface area contributed by atoms with Crippen LogP contribution < -0.4 is 9.64 Å². The molecule has 134 valence electrons. The van der Waals surface area contributed by atoms with Gasteiger partial charge in [0.2, 0.25) is 0 Å². The largest absolute Gasteiger partial charge is 0.481 e. The minimum Gasteiger partial charge on any atom is -0.481 e. The Bertz CT molecular complexity index is 815. The molecule has 26 heavy (non-hydrogen) atoms. The van der Waals surface area contributed by atoms with Gasteiger partial charge in [-0.15, -0.1) is 0 Å². The van der Waals surface area contributed by atoms with Crippen molar-refractivity contribution in [1.82, 2.24) is 0 Å². The summed E-state index contributed by atoms with van der Waals surface area (Å²) < 4.78 is 23.1. The minimum atomic E-state index is -0.735. The molecule has 0 aromatic heterocycles. The van der Waals surface area contributed by atoms with E-state index in [2.05, 4.69) is 0 Å². The molecule has 2 rings (SSSR count). The van der Waals surface area contributed by atoms with Gasteiger partial charge in [0.05, 0.1) is 5.56 Å². The second-order valence-electron chi connectivity index (χ2n) is 5.17. The van der Waals surface area contributed by atoms with Crippen molar-refractivity contribution in [2.24, 2.45) is 0 Å². The molecule has 0 bridgehead atoms. The topological polar surface area (TPSA) is 79.6 Å². The smallest absolute Gasteiger partial charge is 0.344 e. The summed E-state index contributed by atoms with van der Waals surface area (Å²) in [4.78, 5) is 25.3. The summed E-state index contributed by atoms with van der Waals surface area (Å²) in [5.74, 6) is -1.32. The number of halogens is 1. The van der Waals surface area contributed by atoms with Gasteiger partial charge in [-0.05, 0) is 43.3 Å². The quantitative estimate of drug-likeness (QED) is 0.713. The molecular formula is C19H17FN2O4. The number of nitriles is 1. The lowest BCUT2D eigenvalue weighted by Gasteiger charge is -2.20. The number of carbonyl (C=O) groups is 2. The number of esters is 1. The number of benzene rings is 2. The Morgan fingerprint density at radius 1 is 1.12 bits per heavy atom. The number of hydrogen-bond donors (Lipinski definition) is 0. The van der Waals surface area contributed by atoms with Crippen LogP contribution in [-0.4, -0.2) is 31.6 Å². The molecule has 0 heterocycles. The first-order chi connectivity index (χ1) is 12.5. The fraction of sp³-hybridized carbons (Fsp3) is 0.211. The molecule has 2 aromatic carbocycles. The predicted octanol–water partition coefficient (Wildman–Crippen LogP) is 2.67. The van der Waals surface area contributed by atoms with Crippen molar-refractivity contribution in [2.45, 2.75) is 6.92 Å². The van der Waals surface area contributed by atoms with E-state index in [1.807, 2.05) is 6.07 Å². The third-order valence-electron chi connectivity index (χ3n) is 3.47. The highest BCUT2D eigenvalue weighted by Crippen LogP contribution is 2.17. The molecule has 0 aliphatic carbocycles. The van der Waals surface area contributed by atoms with E-state index >= 15 is 0 Å². The fourth-order valence-corrected chi connectivity index (χ4v) is 2.21. The molecule has 0 aliphatic heterocycles. The van der Waals surface area contributed by atoms with E-state index in [0.717, 1.165) is 0 Å². The Hall–Kier alpha value is -3.40. The number of ether oxygens (including phenoxy) is 2. The number of carbonyl (C=O) groups excluding carboxylic acids is 2. The molecule has 0 saturated carbocycles. The van der Waals surface area contributed by atoms with Crippen LogP contribution in [0.5, 0.6) is 5.75 Å². The van der Waals surface area contributed by atoms with E-state index in [-0.39, 0.29) is 5.75 Å². The highest BCUT2D eigenvalue weighted by Gasteiger charge is 2.16. The molecule has 2 aromatic rings. The number of hydrogen-bond acceptors (Lipinski definition) is 5. The molecule has 0 spiro atoms. The molecule has 6 nitrogen and oxygen atoms in total. The number of nitrogens with zero attached hydrogens (tertiary/aromatic N) is 2. The van der Waals surface area contributed by atoms with E-state index in [9.17, 15) is 14.0 Å². The molecule has 0 unspecified atom stereocenters. The number of likely N-dealkylation sites (N-methyl/N-ethyl adjacent to an activating group) is 1. The number of para-hydroxylation sites is 1. The van der Waals surface area contributed by atoms with Gasteiger partial charge in [-0.1, -0.05) is 12.1 Å². The molecule has 0 N–H and O–H groups in total. The fourth-order valence-electron chi connectivity index (χ4n) is 2.21. The second-order valence-corrected chi connectivity index (χ2v) is 5.17. The summed E-state index contributed by atoms with van der Waals surface area (Å²) >= 11 is 0. The van der Waals surface area contributed by atoms with Crippen molar-refractivity contribution in [3.63, 3.8) is 0 Å². The van der Waals surface area contributed by atoms with Crippen molar-refractivity contribution in [3.05, 3.63) is 59.9 Å².